The van der Waals surface area contributed by atoms with Gasteiger partial charge in [-0.2, -0.15) is 0 Å². The van der Waals surface area contributed by atoms with Gasteiger partial charge >= 0.3 is 5.97 Å². The molecule has 0 unspecified atom stereocenters. The van der Waals surface area contributed by atoms with E-state index >= 15 is 4.39 Å². The lowest BCUT2D eigenvalue weighted by Gasteiger charge is -2.38. The van der Waals surface area contributed by atoms with Gasteiger partial charge in [-0.15, -0.1) is 0 Å². The van der Waals surface area contributed by atoms with Crippen molar-refractivity contribution in [2.45, 2.75) is 70.8 Å². The second kappa shape index (κ2) is 10.6. The van der Waals surface area contributed by atoms with Crippen molar-refractivity contribution in [3.63, 3.8) is 0 Å². The zero-order chi connectivity index (χ0) is 26.1. The summed E-state index contributed by atoms with van der Waals surface area (Å²) in [5.41, 5.74) is 2.37. The van der Waals surface area contributed by atoms with Crippen LogP contribution < -0.4 is 19.7 Å². The smallest absolute Gasteiger partial charge is 0.307 e. The van der Waals surface area contributed by atoms with Gasteiger partial charge in [0.2, 0.25) is 12.7 Å². The van der Waals surface area contributed by atoms with Gasteiger partial charge < -0.3 is 24.8 Å². The number of hydrogen-bond donors (Lipinski definition) is 2. The molecule has 5 rings (SSSR count). The fourth-order valence-electron chi connectivity index (χ4n) is 5.67. The quantitative estimate of drug-likeness (QED) is 0.449. The number of amides is 1. The Bertz CT molecular complexity index is 1180. The van der Waals surface area contributed by atoms with Crippen LogP contribution in [-0.4, -0.2) is 36.4 Å². The van der Waals surface area contributed by atoms with Crippen LogP contribution in [0.5, 0.6) is 11.5 Å². The number of carbonyl (C=O) groups excluding carboxylic acids is 1. The van der Waals surface area contributed by atoms with Crippen molar-refractivity contribution in [1.29, 1.82) is 0 Å². The molecule has 7 nitrogen and oxygen atoms in total. The molecule has 37 heavy (non-hydrogen) atoms. The predicted molar refractivity (Wildman–Crippen MR) is 139 cm³/mol. The van der Waals surface area contributed by atoms with Crippen LogP contribution in [0.15, 0.2) is 30.3 Å². The molecule has 3 aliphatic rings. The van der Waals surface area contributed by atoms with Crippen molar-refractivity contribution in [3.8, 4) is 11.5 Å². The van der Waals surface area contributed by atoms with Crippen molar-refractivity contribution < 1.29 is 28.6 Å². The van der Waals surface area contributed by atoms with Crippen LogP contribution in [0.4, 0.5) is 15.8 Å². The van der Waals surface area contributed by atoms with E-state index in [2.05, 4.69) is 24.1 Å². The Morgan fingerprint density at radius 2 is 1.86 bits per heavy atom. The summed E-state index contributed by atoms with van der Waals surface area (Å²) in [7, 11) is 0. The number of fused-ring (bicyclic) bond motifs is 1. The van der Waals surface area contributed by atoms with E-state index in [1.54, 1.807) is 18.2 Å². The van der Waals surface area contributed by atoms with Crippen molar-refractivity contribution in [3.05, 3.63) is 47.3 Å². The molecule has 0 radical (unpaired) electrons. The lowest BCUT2D eigenvalue weighted by atomic mass is 9.92. The summed E-state index contributed by atoms with van der Waals surface area (Å²) in [5.74, 6) is -0.870. The molecule has 198 valence electrons. The van der Waals surface area contributed by atoms with Gasteiger partial charge in [0.25, 0.3) is 0 Å². The lowest BCUT2D eigenvalue weighted by molar-refractivity contribution is -0.138. The molecule has 2 aromatic rings. The lowest BCUT2D eigenvalue weighted by Crippen LogP contribution is -2.40. The summed E-state index contributed by atoms with van der Waals surface area (Å²) in [6, 6.07) is 8.88. The Kier molecular flexibility index (Phi) is 7.26. The van der Waals surface area contributed by atoms with E-state index in [-0.39, 0.29) is 31.1 Å². The molecule has 2 fully saturated rings. The summed E-state index contributed by atoms with van der Waals surface area (Å²) < 4.78 is 26.3. The fraction of sp³-hybridized carbons (Fsp3) is 0.517. The maximum absolute atomic E-state index is 15.5. The molecule has 8 heteroatoms. The van der Waals surface area contributed by atoms with Crippen LogP contribution in [0.25, 0.3) is 0 Å². The largest absolute Gasteiger partial charge is 0.481 e. The highest BCUT2D eigenvalue weighted by Gasteiger charge is 2.46. The zero-order valence-electron chi connectivity index (χ0n) is 21.5. The number of ether oxygens (including phenoxy) is 2. The van der Waals surface area contributed by atoms with Crippen LogP contribution in [0.1, 0.15) is 69.4 Å². The molecule has 2 N–H and O–H groups in total. The van der Waals surface area contributed by atoms with Crippen molar-refractivity contribution in [1.82, 2.24) is 0 Å². The Morgan fingerprint density at radius 1 is 1.11 bits per heavy atom. The number of anilines is 2. The Morgan fingerprint density at radius 3 is 2.57 bits per heavy atom. The Balaban J connectivity index is 1.46. The topological polar surface area (TPSA) is 88.1 Å². The molecule has 1 aliphatic heterocycles. The highest BCUT2D eigenvalue weighted by atomic mass is 19.1. The molecule has 1 heterocycles. The summed E-state index contributed by atoms with van der Waals surface area (Å²) in [6.07, 6.45) is 6.07. The molecule has 0 spiro atoms. The minimum atomic E-state index is -0.912. The van der Waals surface area contributed by atoms with E-state index in [1.165, 1.54) is 12.5 Å². The fourth-order valence-corrected chi connectivity index (χ4v) is 5.67. The average molecular weight is 511 g/mol. The summed E-state index contributed by atoms with van der Waals surface area (Å²) in [5, 5.41) is 12.5. The van der Waals surface area contributed by atoms with E-state index in [9.17, 15) is 14.7 Å². The molecule has 2 saturated carbocycles. The summed E-state index contributed by atoms with van der Waals surface area (Å²) in [6.45, 7) is 5.19. The summed E-state index contributed by atoms with van der Waals surface area (Å²) >= 11 is 0. The first-order valence-corrected chi connectivity index (χ1v) is 13.3. The number of carbonyl (C=O) groups is 2. The van der Waals surface area contributed by atoms with Crippen LogP contribution >= 0.6 is 0 Å². The molecule has 0 bridgehead atoms. The van der Waals surface area contributed by atoms with E-state index in [1.807, 2.05) is 6.07 Å². The van der Waals surface area contributed by atoms with Crippen LogP contribution in [-0.2, 0) is 16.0 Å². The van der Waals surface area contributed by atoms with E-state index in [0.717, 1.165) is 37.8 Å². The first-order valence-electron chi connectivity index (χ1n) is 13.3. The molecular formula is C29H35FN2O5. The van der Waals surface area contributed by atoms with E-state index in [0.29, 0.717) is 40.8 Å². The Hall–Kier alpha value is -3.29. The molecule has 1 amide bonds. The number of nitrogens with one attached hydrogen (secondary N) is 1. The second-order valence-corrected chi connectivity index (χ2v) is 10.9. The van der Waals surface area contributed by atoms with Gasteiger partial charge in [0, 0.05) is 18.5 Å². The van der Waals surface area contributed by atoms with Gasteiger partial charge in [-0.3, -0.25) is 9.59 Å². The monoisotopic (exact) mass is 510 g/mol. The van der Waals surface area contributed by atoms with Gasteiger partial charge in [-0.05, 0) is 60.6 Å². The number of carboxylic acid groups (broad SMARTS) is 1. The molecule has 0 saturated heterocycles. The molecule has 2 aliphatic carbocycles. The van der Waals surface area contributed by atoms with Crippen molar-refractivity contribution in [2.24, 2.45) is 11.8 Å². The first kappa shape index (κ1) is 25.4. The third-order valence-corrected chi connectivity index (χ3v) is 7.58. The number of rotatable bonds is 9. The number of aliphatic carboxylic acids is 1. The normalized spacial score (nSPS) is 20.6. The van der Waals surface area contributed by atoms with Gasteiger partial charge in [-0.25, -0.2) is 4.39 Å². The van der Waals surface area contributed by atoms with Crippen LogP contribution in [0.3, 0.4) is 0 Å². The zero-order valence-corrected chi connectivity index (χ0v) is 21.5. The number of nitrogens with zero attached hydrogens (tertiary/aromatic N) is 1. The first-order chi connectivity index (χ1) is 17.8. The van der Waals surface area contributed by atoms with E-state index in [4.69, 9.17) is 9.47 Å². The minimum Gasteiger partial charge on any atom is -0.481 e. The molecule has 2 aromatic carbocycles. The maximum Gasteiger partial charge on any atom is 0.307 e. The van der Waals surface area contributed by atoms with Crippen molar-refractivity contribution in [2.75, 3.05) is 23.6 Å². The highest BCUT2D eigenvalue weighted by molar-refractivity contribution is 5.96. The van der Waals surface area contributed by atoms with Gasteiger partial charge in [-0.1, -0.05) is 39.2 Å². The maximum atomic E-state index is 15.5. The number of carboxylic acids is 1. The van der Waals surface area contributed by atoms with Gasteiger partial charge in [0.15, 0.2) is 11.5 Å². The highest BCUT2D eigenvalue weighted by Crippen LogP contribution is 2.50. The van der Waals surface area contributed by atoms with Gasteiger partial charge in [0.1, 0.15) is 5.82 Å². The molecule has 2 atom stereocenters. The average Bonchev–Trinajstić information content (AvgIpc) is 3.53. The SMILES string of the molecule is CC(C)CN(c1cc(F)c([C@@H]2C[C@@H]2C(=O)O)cc1NC(=O)Cc1ccc2c(c1)OCO2)C1CCCCC1. The predicted octanol–water partition coefficient (Wildman–Crippen LogP) is 5.72. The van der Waals surface area contributed by atoms with Crippen LogP contribution in [0, 0.1) is 17.7 Å². The second-order valence-electron chi connectivity index (χ2n) is 10.9. The minimum absolute atomic E-state index is 0.123. The number of hydrogen-bond acceptors (Lipinski definition) is 5. The van der Waals surface area contributed by atoms with E-state index < -0.39 is 17.7 Å². The standard InChI is InChI=1S/C29H35FN2O5/c1-17(2)15-32(19-6-4-3-5-7-19)25-14-23(30)21(20-12-22(20)29(34)35)13-24(25)31-28(33)11-18-8-9-26-27(10-18)37-16-36-26/h8-10,13-14,17,19-20,22H,3-7,11-12,15-16H2,1-2H3,(H,31,33)(H,34,35)/t20-,22-/m0/s1. The molecular weight excluding hydrogens is 475 g/mol. The number of benzene rings is 2. The van der Waals surface area contributed by atoms with Gasteiger partial charge in [0.05, 0.1) is 23.7 Å². The summed E-state index contributed by atoms with van der Waals surface area (Å²) in [4.78, 5) is 27.0. The third-order valence-electron chi connectivity index (χ3n) is 7.58. The third kappa shape index (κ3) is 5.68. The Labute approximate surface area is 216 Å². The molecule has 0 aromatic heterocycles. The van der Waals surface area contributed by atoms with Crippen molar-refractivity contribution >= 4 is 23.3 Å². The van der Waals surface area contributed by atoms with Crippen LogP contribution in [0.2, 0.25) is 0 Å². The number of halogens is 1.